The second kappa shape index (κ2) is 2.56. The van der Waals surface area contributed by atoms with Gasteiger partial charge in [0.1, 0.15) is 0 Å². The van der Waals surface area contributed by atoms with Crippen LogP contribution in [0.15, 0.2) is 0 Å². The van der Waals surface area contributed by atoms with Crippen LogP contribution in [0.5, 0.6) is 0 Å². The number of nitrogens with zero attached hydrogens (tertiary/aromatic N) is 2. The van der Waals surface area contributed by atoms with Gasteiger partial charge in [-0.3, -0.25) is 0 Å². The van der Waals surface area contributed by atoms with Gasteiger partial charge in [0.25, 0.3) is 10.7 Å². The fourth-order valence-corrected chi connectivity index (χ4v) is 0.110. The van der Waals surface area contributed by atoms with Gasteiger partial charge < -0.3 is 5.53 Å². The molecule has 0 N–H and O–H groups in total. The quantitative estimate of drug-likeness (QED) is 0.148. The molecule has 0 amide bonds. The summed E-state index contributed by atoms with van der Waals surface area (Å²) < 4.78 is 18.5. The third-order valence-corrected chi connectivity index (χ3v) is 0.379. The third-order valence-electron chi connectivity index (χ3n) is 0.126. The summed E-state index contributed by atoms with van der Waals surface area (Å²) in [6, 6.07) is 0. The Hall–Kier alpha value is -0.670. The molecule has 5 heteroatoms. The summed E-state index contributed by atoms with van der Waals surface area (Å²) in [5, 5.41) is 0. The van der Waals surface area contributed by atoms with E-state index >= 15 is 0 Å². The Morgan fingerprint density at radius 2 is 2.17 bits per heavy atom. The van der Waals surface area contributed by atoms with Gasteiger partial charge in [-0.2, -0.15) is 0 Å². The molecule has 0 heterocycles. The molecule has 4 nitrogen and oxygen atoms in total. The van der Waals surface area contributed by atoms with Crippen LogP contribution >= 0.6 is 0 Å². The van der Waals surface area contributed by atoms with Crippen molar-refractivity contribution in [3.05, 3.63) is 5.53 Å². The number of hydrogen-bond acceptors (Lipinski definition) is 2. The summed E-state index contributed by atoms with van der Waals surface area (Å²) in [6.07, 6.45) is 0. The van der Waals surface area contributed by atoms with Crippen LogP contribution in [-0.4, -0.2) is 18.8 Å². The van der Waals surface area contributed by atoms with Gasteiger partial charge in [0, 0.05) is 0 Å². The maximum Gasteiger partial charge on any atom is 0.502 e. The first-order valence-electron chi connectivity index (χ1n) is 1.01. The minimum absolute atomic E-state index is 1.34. The molecule has 0 atom stereocenters. The normalized spacial score (nSPS) is 7.50. The average molecular weight is 105 g/mol. The lowest BCUT2D eigenvalue weighted by Gasteiger charge is -1.40. The second-order valence-electron chi connectivity index (χ2n) is 0.457. The number of thiol groups is 1. The van der Waals surface area contributed by atoms with Crippen LogP contribution in [0, 0.1) is 0 Å². The van der Waals surface area contributed by atoms with Crippen molar-refractivity contribution in [2.75, 3.05) is 0 Å². The van der Waals surface area contributed by atoms with Crippen LogP contribution < -0.4 is 0 Å². The molecule has 0 aromatic heterocycles. The van der Waals surface area contributed by atoms with E-state index in [0.717, 1.165) is 0 Å². The van der Waals surface area contributed by atoms with Gasteiger partial charge in [-0.05, 0) is 0 Å². The molecule has 0 bridgehead atoms. The van der Waals surface area contributed by atoms with Crippen LogP contribution in [0.3, 0.4) is 0 Å². The minimum Gasteiger partial charge on any atom is -0.360 e. The molecule has 0 aliphatic rings. The highest BCUT2D eigenvalue weighted by atomic mass is 32.2. The van der Waals surface area contributed by atoms with Crippen molar-refractivity contribution in [2.45, 2.75) is 0 Å². The first-order valence-corrected chi connectivity index (χ1v) is 2.19. The highest BCUT2D eigenvalue weighted by Crippen LogP contribution is 1.38. The summed E-state index contributed by atoms with van der Waals surface area (Å²) in [5.41, 5.74) is 8.71. The Kier molecular flexibility index (Phi) is 2.27. The highest BCUT2D eigenvalue weighted by molar-refractivity contribution is 7.86. The maximum absolute atomic E-state index is 9.27. The molecular formula is CHN2O2S. The summed E-state index contributed by atoms with van der Waals surface area (Å²) in [6.45, 7) is 0. The molecule has 0 rings (SSSR count). The topological polar surface area (TPSA) is 70.5 Å². The highest BCUT2D eigenvalue weighted by Gasteiger charge is 1.78. The Bertz CT molecular complexity index is 134. The smallest absolute Gasteiger partial charge is 0.360 e. The molecule has 0 aromatic rings. The molecule has 0 aromatic carbocycles. The van der Waals surface area contributed by atoms with Crippen molar-refractivity contribution in [1.29, 1.82) is 0 Å². The predicted molar refractivity (Wildman–Crippen MR) is 18.9 cm³/mol. The van der Waals surface area contributed by atoms with Crippen LogP contribution in [0.1, 0.15) is 0 Å². The van der Waals surface area contributed by atoms with Crippen molar-refractivity contribution < 1.29 is 13.2 Å². The molecule has 1 radical (unpaired) electrons. The van der Waals surface area contributed by atoms with Gasteiger partial charge in [-0.1, -0.05) is 0 Å². The van der Waals surface area contributed by atoms with E-state index in [4.69, 9.17) is 5.53 Å². The van der Waals surface area contributed by atoms with E-state index in [2.05, 4.69) is 4.79 Å². The second-order valence-corrected chi connectivity index (χ2v) is 1.17. The Morgan fingerprint density at radius 3 is 2.17 bits per heavy atom. The predicted octanol–water partition coefficient (Wildman–Crippen LogP) is -1.27. The maximum atomic E-state index is 9.27. The lowest BCUT2D eigenvalue weighted by Crippen LogP contribution is -1.72. The first-order chi connectivity index (χ1) is 2.77. The van der Waals surface area contributed by atoms with Crippen molar-refractivity contribution in [2.24, 2.45) is 0 Å². The largest absolute Gasteiger partial charge is 0.502 e. The minimum atomic E-state index is -2.77. The summed E-state index contributed by atoms with van der Waals surface area (Å²) >= 11 is 0. The molecular weight excluding hydrogens is 104 g/mol. The first kappa shape index (κ1) is 5.33. The van der Waals surface area contributed by atoms with E-state index in [1.807, 2.05) is 0 Å². The zero-order valence-corrected chi connectivity index (χ0v) is 3.55. The van der Waals surface area contributed by atoms with Crippen molar-refractivity contribution in [3.8, 4) is 0 Å². The SMILES string of the molecule is [N-]=[N+]=[C][SH](=O)=O. The molecule has 0 saturated heterocycles. The summed E-state index contributed by atoms with van der Waals surface area (Å²) in [4.78, 5) is 2.09. The molecule has 0 spiro atoms. The van der Waals surface area contributed by atoms with Crippen molar-refractivity contribution in [3.63, 3.8) is 0 Å². The average Bonchev–Trinajstić information content (AvgIpc) is 1.35. The monoisotopic (exact) mass is 105 g/mol. The third kappa shape index (κ3) is 3.33. The molecule has 0 aliphatic heterocycles. The van der Waals surface area contributed by atoms with E-state index < -0.39 is 10.7 Å². The van der Waals surface area contributed by atoms with Crippen molar-refractivity contribution >= 4 is 16.3 Å². The zero-order chi connectivity index (χ0) is 4.99. The number of hydrogen-bond donors (Lipinski definition) is 1. The van der Waals surface area contributed by atoms with E-state index in [1.165, 1.54) is 5.55 Å². The Balaban J connectivity index is 3.98. The fourth-order valence-electron chi connectivity index (χ4n) is 0.0365. The number of rotatable bonds is 1. The lowest BCUT2D eigenvalue weighted by atomic mass is 11.7. The standard InChI is InChI=1S/CHN2O2S/c2-3-1-6(4)5/h6H. The van der Waals surface area contributed by atoms with Gasteiger partial charge in [0.15, 0.2) is 0 Å². The van der Waals surface area contributed by atoms with Gasteiger partial charge in [-0.15, -0.1) is 4.79 Å². The zero-order valence-electron chi connectivity index (χ0n) is 2.66. The van der Waals surface area contributed by atoms with Crippen molar-refractivity contribution in [1.82, 2.24) is 0 Å². The molecule has 33 valence electrons. The van der Waals surface area contributed by atoms with E-state index in [1.54, 1.807) is 0 Å². The van der Waals surface area contributed by atoms with E-state index in [9.17, 15) is 8.42 Å². The van der Waals surface area contributed by atoms with Crippen LogP contribution in [0.2, 0.25) is 0 Å². The fraction of sp³-hybridized carbons (Fsp3) is 0. The molecule has 6 heavy (non-hydrogen) atoms. The Morgan fingerprint density at radius 1 is 1.67 bits per heavy atom. The van der Waals surface area contributed by atoms with Crippen LogP contribution in [0.4, 0.5) is 0 Å². The van der Waals surface area contributed by atoms with Gasteiger partial charge in [0.05, 0.1) is 0 Å². The Labute approximate surface area is 36.0 Å². The lowest BCUT2D eigenvalue weighted by molar-refractivity contribution is 0.00781. The van der Waals surface area contributed by atoms with E-state index in [-0.39, 0.29) is 0 Å². The molecule has 0 aliphatic carbocycles. The van der Waals surface area contributed by atoms with Crippen LogP contribution in [0.25, 0.3) is 5.53 Å². The molecule has 0 fully saturated rings. The van der Waals surface area contributed by atoms with Gasteiger partial charge in [0.2, 0.25) is 0 Å². The van der Waals surface area contributed by atoms with E-state index in [0.29, 0.717) is 0 Å². The molecule has 0 saturated carbocycles. The molecule has 0 unspecified atom stereocenters. The summed E-state index contributed by atoms with van der Waals surface area (Å²) in [7, 11) is -2.77. The summed E-state index contributed by atoms with van der Waals surface area (Å²) in [5.74, 6) is 0. The van der Waals surface area contributed by atoms with Gasteiger partial charge >= 0.3 is 5.55 Å². The van der Waals surface area contributed by atoms with Crippen LogP contribution in [-0.2, 0) is 10.7 Å². The van der Waals surface area contributed by atoms with Gasteiger partial charge in [-0.25, -0.2) is 8.42 Å².